The molecule has 0 amide bonds. The first kappa shape index (κ1) is 20.4. The van der Waals surface area contributed by atoms with Crippen LogP contribution in [0.4, 0.5) is 11.5 Å². The van der Waals surface area contributed by atoms with Crippen LogP contribution in [0.15, 0.2) is 48.9 Å². The Hall–Kier alpha value is -2.90. The number of aromatic nitrogens is 4. The van der Waals surface area contributed by atoms with E-state index in [1.165, 1.54) is 0 Å². The Balaban J connectivity index is 1.36. The zero-order valence-corrected chi connectivity index (χ0v) is 17.7. The fourth-order valence-electron chi connectivity index (χ4n) is 3.46. The molecule has 30 heavy (non-hydrogen) atoms. The zero-order valence-electron chi connectivity index (χ0n) is 17.7. The lowest BCUT2D eigenvalue weighted by Crippen LogP contribution is -2.38. The number of hydrogen-bond acceptors (Lipinski definition) is 7. The normalized spacial score (nSPS) is 17.3. The van der Waals surface area contributed by atoms with Crippen molar-refractivity contribution in [3.63, 3.8) is 0 Å². The average molecular weight is 405 g/mol. The summed E-state index contributed by atoms with van der Waals surface area (Å²) in [5, 5.41) is 3.29. The fourth-order valence-corrected chi connectivity index (χ4v) is 3.46. The molecule has 0 saturated carbocycles. The van der Waals surface area contributed by atoms with Gasteiger partial charge in [0, 0.05) is 49.2 Å². The van der Waals surface area contributed by atoms with E-state index < -0.39 is 0 Å². The Labute approximate surface area is 177 Å². The maximum Gasteiger partial charge on any atom is 0.130 e. The van der Waals surface area contributed by atoms with Gasteiger partial charge in [-0.2, -0.15) is 0 Å². The molecule has 0 aliphatic carbocycles. The van der Waals surface area contributed by atoms with Crippen LogP contribution in [-0.4, -0.2) is 44.5 Å². The molecule has 0 bridgehead atoms. The fraction of sp³-hybridized carbons (Fsp3) is 0.391. The number of hydrogen-bond donors (Lipinski definition) is 1. The van der Waals surface area contributed by atoms with Crippen molar-refractivity contribution in [1.29, 1.82) is 0 Å². The number of nitrogens with zero attached hydrogens (tertiary/aromatic N) is 5. The van der Waals surface area contributed by atoms with Gasteiger partial charge in [-0.1, -0.05) is 19.9 Å². The predicted octanol–water partition coefficient (Wildman–Crippen LogP) is 4.02. The highest BCUT2D eigenvalue weighted by molar-refractivity contribution is 5.54. The molecule has 3 aromatic heterocycles. The molecule has 4 heterocycles. The van der Waals surface area contributed by atoms with Crippen molar-refractivity contribution in [2.45, 2.75) is 39.3 Å². The molecule has 0 unspecified atom stereocenters. The minimum Gasteiger partial charge on any atom is -0.369 e. The molecule has 1 aliphatic rings. The van der Waals surface area contributed by atoms with E-state index >= 15 is 0 Å². The standard InChI is InChI=1S/C23H28N6O/c1-16(2)23-25-11-18(12-26-23)14-29-9-10-30-21(15-29)20-8-7-19(13-24-20)28-22-6-4-5-17(3)27-22/h4-8,11-13,16,21H,9-10,14-15H2,1-3H3,(H,27,28)/t21-/m1/s1. The van der Waals surface area contributed by atoms with E-state index in [0.717, 1.165) is 53.9 Å². The largest absolute Gasteiger partial charge is 0.369 e. The van der Waals surface area contributed by atoms with Crippen LogP contribution < -0.4 is 5.32 Å². The third-order valence-corrected chi connectivity index (χ3v) is 5.08. The molecule has 1 saturated heterocycles. The van der Waals surface area contributed by atoms with Crippen LogP contribution >= 0.6 is 0 Å². The molecule has 0 aromatic carbocycles. The maximum absolute atomic E-state index is 5.99. The van der Waals surface area contributed by atoms with Crippen molar-refractivity contribution in [3.05, 3.63) is 71.7 Å². The second-order valence-corrected chi connectivity index (χ2v) is 7.96. The molecule has 0 spiro atoms. The summed E-state index contributed by atoms with van der Waals surface area (Å²) in [5.74, 6) is 2.05. The summed E-state index contributed by atoms with van der Waals surface area (Å²) in [6.45, 7) is 9.37. The molecule has 7 nitrogen and oxygen atoms in total. The van der Waals surface area contributed by atoms with Crippen LogP contribution in [0, 0.1) is 6.92 Å². The van der Waals surface area contributed by atoms with Gasteiger partial charge in [0.05, 0.1) is 24.2 Å². The highest BCUT2D eigenvalue weighted by atomic mass is 16.5. The summed E-state index contributed by atoms with van der Waals surface area (Å²) >= 11 is 0. The molecule has 156 valence electrons. The Kier molecular flexibility index (Phi) is 6.30. The van der Waals surface area contributed by atoms with Crippen LogP contribution in [0.5, 0.6) is 0 Å². The van der Waals surface area contributed by atoms with Gasteiger partial charge in [0.25, 0.3) is 0 Å². The van der Waals surface area contributed by atoms with Gasteiger partial charge in [0.2, 0.25) is 0 Å². The topological polar surface area (TPSA) is 76.1 Å². The Bertz CT molecular complexity index is 958. The van der Waals surface area contributed by atoms with E-state index in [9.17, 15) is 0 Å². The molecular formula is C23H28N6O. The summed E-state index contributed by atoms with van der Waals surface area (Å²) < 4.78 is 5.99. The lowest BCUT2D eigenvalue weighted by atomic mass is 10.1. The number of nitrogens with one attached hydrogen (secondary N) is 1. The molecule has 1 aliphatic heterocycles. The lowest BCUT2D eigenvalue weighted by molar-refractivity contribution is -0.0350. The first-order valence-electron chi connectivity index (χ1n) is 10.4. The summed E-state index contributed by atoms with van der Waals surface area (Å²) in [7, 11) is 0. The van der Waals surface area contributed by atoms with E-state index in [0.29, 0.717) is 12.5 Å². The molecule has 7 heteroatoms. The number of ether oxygens (including phenoxy) is 1. The molecule has 1 N–H and O–H groups in total. The van der Waals surface area contributed by atoms with Crippen molar-refractivity contribution in [3.8, 4) is 0 Å². The number of pyridine rings is 2. The Morgan fingerprint density at radius 2 is 1.93 bits per heavy atom. The van der Waals surface area contributed by atoms with Crippen molar-refractivity contribution in [2.75, 3.05) is 25.0 Å². The van der Waals surface area contributed by atoms with Crippen LogP contribution in [0.25, 0.3) is 0 Å². The third-order valence-electron chi connectivity index (χ3n) is 5.08. The van der Waals surface area contributed by atoms with E-state index in [-0.39, 0.29) is 6.10 Å². The number of aryl methyl sites for hydroxylation is 1. The first-order valence-corrected chi connectivity index (χ1v) is 10.4. The molecule has 1 fully saturated rings. The van der Waals surface area contributed by atoms with Gasteiger partial charge in [-0.25, -0.2) is 15.0 Å². The molecule has 3 aromatic rings. The van der Waals surface area contributed by atoms with Crippen LogP contribution in [0.2, 0.25) is 0 Å². The van der Waals surface area contributed by atoms with E-state index in [2.05, 4.69) is 44.0 Å². The lowest BCUT2D eigenvalue weighted by Gasteiger charge is -2.32. The van der Waals surface area contributed by atoms with E-state index in [1.807, 2.05) is 55.8 Å². The van der Waals surface area contributed by atoms with Gasteiger partial charge < -0.3 is 10.1 Å². The van der Waals surface area contributed by atoms with Gasteiger partial charge in [-0.15, -0.1) is 0 Å². The van der Waals surface area contributed by atoms with Crippen molar-refractivity contribution in [1.82, 2.24) is 24.8 Å². The monoisotopic (exact) mass is 404 g/mol. The van der Waals surface area contributed by atoms with Gasteiger partial charge in [0.1, 0.15) is 17.7 Å². The summed E-state index contributed by atoms with van der Waals surface area (Å²) in [4.78, 5) is 20.4. The quantitative estimate of drug-likeness (QED) is 0.665. The van der Waals surface area contributed by atoms with Gasteiger partial charge in [-0.3, -0.25) is 9.88 Å². The van der Waals surface area contributed by atoms with Crippen LogP contribution in [-0.2, 0) is 11.3 Å². The first-order chi connectivity index (χ1) is 14.6. The SMILES string of the molecule is Cc1cccc(Nc2ccc([C@H]3CN(Cc4cnc(C(C)C)nc4)CCO3)nc2)n1. The second-order valence-electron chi connectivity index (χ2n) is 7.96. The minimum absolute atomic E-state index is 0.0410. The molecule has 1 atom stereocenters. The number of rotatable bonds is 6. The van der Waals surface area contributed by atoms with Gasteiger partial charge >= 0.3 is 0 Å². The minimum atomic E-state index is -0.0410. The maximum atomic E-state index is 5.99. The molecular weight excluding hydrogens is 376 g/mol. The van der Waals surface area contributed by atoms with E-state index in [4.69, 9.17) is 4.74 Å². The van der Waals surface area contributed by atoms with E-state index in [1.54, 1.807) is 0 Å². The van der Waals surface area contributed by atoms with Crippen molar-refractivity contribution < 1.29 is 4.74 Å². The Morgan fingerprint density at radius 1 is 1.10 bits per heavy atom. The highest BCUT2D eigenvalue weighted by Crippen LogP contribution is 2.23. The summed E-state index contributed by atoms with van der Waals surface area (Å²) in [6.07, 6.45) is 5.66. The summed E-state index contributed by atoms with van der Waals surface area (Å²) in [6, 6.07) is 9.95. The van der Waals surface area contributed by atoms with Gasteiger partial charge in [-0.05, 0) is 31.2 Å². The molecule has 0 radical (unpaired) electrons. The van der Waals surface area contributed by atoms with Crippen molar-refractivity contribution >= 4 is 11.5 Å². The van der Waals surface area contributed by atoms with Crippen LogP contribution in [0.1, 0.15) is 48.6 Å². The average Bonchev–Trinajstić information content (AvgIpc) is 2.75. The number of anilines is 2. The predicted molar refractivity (Wildman–Crippen MR) is 117 cm³/mol. The van der Waals surface area contributed by atoms with Crippen molar-refractivity contribution in [2.24, 2.45) is 0 Å². The van der Waals surface area contributed by atoms with Crippen LogP contribution in [0.3, 0.4) is 0 Å². The molecule has 4 rings (SSSR count). The number of morpholine rings is 1. The zero-order chi connectivity index (χ0) is 20.9. The summed E-state index contributed by atoms with van der Waals surface area (Å²) in [5.41, 5.74) is 3.95. The highest BCUT2D eigenvalue weighted by Gasteiger charge is 2.23. The third kappa shape index (κ3) is 5.17. The Morgan fingerprint density at radius 3 is 2.63 bits per heavy atom. The second kappa shape index (κ2) is 9.28. The van der Waals surface area contributed by atoms with Gasteiger partial charge in [0.15, 0.2) is 0 Å². The smallest absolute Gasteiger partial charge is 0.130 e.